The Hall–Kier alpha value is -1.73. The van der Waals surface area contributed by atoms with Crippen LogP contribution < -0.4 is 5.32 Å². The van der Waals surface area contributed by atoms with Gasteiger partial charge in [-0.3, -0.25) is 14.9 Å². The average molecular weight is 400 g/mol. The lowest BCUT2D eigenvalue weighted by molar-refractivity contribution is -0.384. The lowest BCUT2D eigenvalue weighted by Crippen LogP contribution is -2.12. The lowest BCUT2D eigenvalue weighted by atomic mass is 10.2. The van der Waals surface area contributed by atoms with Gasteiger partial charge >= 0.3 is 0 Å². The Morgan fingerprint density at radius 2 is 1.75 bits per heavy atom. The molecule has 20 heavy (non-hydrogen) atoms. The number of nitro groups is 1. The monoisotopic (exact) mass is 398 g/mol. The minimum atomic E-state index is -0.490. The van der Waals surface area contributed by atoms with Crippen molar-refractivity contribution in [3.05, 3.63) is 67.1 Å². The van der Waals surface area contributed by atoms with E-state index in [2.05, 4.69) is 37.2 Å². The molecule has 0 aliphatic carbocycles. The number of nitrogens with zero attached hydrogens (tertiary/aromatic N) is 1. The number of anilines is 1. The fourth-order valence-electron chi connectivity index (χ4n) is 1.54. The molecule has 2 rings (SSSR count). The van der Waals surface area contributed by atoms with Crippen LogP contribution in [0.15, 0.2) is 51.4 Å². The summed E-state index contributed by atoms with van der Waals surface area (Å²) in [5.41, 5.74) is 0.942. The highest BCUT2D eigenvalue weighted by Gasteiger charge is 2.11. The standard InChI is InChI=1S/C13H8Br2N2O3/c14-8-1-6-12(15)11(7-8)13(18)16-9-2-4-10(5-3-9)17(19)20/h1-7H,(H,16,18). The van der Waals surface area contributed by atoms with Crippen molar-refractivity contribution < 1.29 is 9.72 Å². The second-order valence-electron chi connectivity index (χ2n) is 3.88. The first-order valence-corrected chi connectivity index (χ1v) is 7.07. The van der Waals surface area contributed by atoms with Gasteiger partial charge < -0.3 is 5.32 Å². The summed E-state index contributed by atoms with van der Waals surface area (Å²) < 4.78 is 1.45. The van der Waals surface area contributed by atoms with Crippen LogP contribution >= 0.6 is 31.9 Å². The first-order chi connectivity index (χ1) is 9.47. The number of carbonyl (C=O) groups excluding carboxylic acids is 1. The van der Waals surface area contributed by atoms with E-state index in [1.165, 1.54) is 24.3 Å². The number of hydrogen-bond acceptors (Lipinski definition) is 3. The molecule has 0 heterocycles. The number of carbonyl (C=O) groups is 1. The van der Waals surface area contributed by atoms with E-state index >= 15 is 0 Å². The molecule has 5 nitrogen and oxygen atoms in total. The molecule has 7 heteroatoms. The highest BCUT2D eigenvalue weighted by Crippen LogP contribution is 2.23. The number of hydrogen-bond donors (Lipinski definition) is 1. The van der Waals surface area contributed by atoms with Crippen molar-refractivity contribution in [3.63, 3.8) is 0 Å². The maximum Gasteiger partial charge on any atom is 0.269 e. The van der Waals surface area contributed by atoms with Gasteiger partial charge in [-0.1, -0.05) is 15.9 Å². The van der Waals surface area contributed by atoms with Gasteiger partial charge in [0.25, 0.3) is 11.6 Å². The zero-order valence-electron chi connectivity index (χ0n) is 9.97. The normalized spacial score (nSPS) is 10.1. The maximum absolute atomic E-state index is 12.1. The van der Waals surface area contributed by atoms with Crippen LogP contribution in [0.2, 0.25) is 0 Å². The molecule has 0 spiro atoms. The summed E-state index contributed by atoms with van der Waals surface area (Å²) in [5, 5.41) is 13.2. The van der Waals surface area contributed by atoms with Gasteiger partial charge in [-0.15, -0.1) is 0 Å². The van der Waals surface area contributed by atoms with Gasteiger partial charge in [0.15, 0.2) is 0 Å². The van der Waals surface area contributed by atoms with E-state index in [9.17, 15) is 14.9 Å². The third-order valence-electron chi connectivity index (χ3n) is 2.51. The van der Waals surface area contributed by atoms with Crippen LogP contribution in [-0.4, -0.2) is 10.8 Å². The zero-order valence-corrected chi connectivity index (χ0v) is 13.1. The number of rotatable bonds is 3. The van der Waals surface area contributed by atoms with Crippen LogP contribution in [0.1, 0.15) is 10.4 Å². The predicted molar refractivity (Wildman–Crippen MR) is 82.9 cm³/mol. The van der Waals surface area contributed by atoms with E-state index in [4.69, 9.17) is 0 Å². The Morgan fingerprint density at radius 3 is 2.35 bits per heavy atom. The molecule has 0 saturated carbocycles. The van der Waals surface area contributed by atoms with Crippen LogP contribution in [0, 0.1) is 10.1 Å². The van der Waals surface area contributed by atoms with Crippen molar-refractivity contribution in [1.82, 2.24) is 0 Å². The van der Waals surface area contributed by atoms with Crippen LogP contribution in [0.3, 0.4) is 0 Å². The Labute approximate surface area is 131 Å². The smallest absolute Gasteiger partial charge is 0.269 e. The van der Waals surface area contributed by atoms with E-state index in [1.54, 1.807) is 12.1 Å². The van der Waals surface area contributed by atoms with Crippen LogP contribution in [0.4, 0.5) is 11.4 Å². The zero-order chi connectivity index (χ0) is 14.7. The summed E-state index contributed by atoms with van der Waals surface area (Å²) in [5.74, 6) is -0.299. The fraction of sp³-hybridized carbons (Fsp3) is 0. The lowest BCUT2D eigenvalue weighted by Gasteiger charge is -2.07. The van der Waals surface area contributed by atoms with Gasteiger partial charge in [0.1, 0.15) is 0 Å². The molecule has 1 amide bonds. The molecule has 0 bridgehead atoms. The van der Waals surface area contributed by atoms with Crippen molar-refractivity contribution >= 4 is 49.1 Å². The Balaban J connectivity index is 2.19. The van der Waals surface area contributed by atoms with Gasteiger partial charge in [-0.05, 0) is 46.3 Å². The second-order valence-corrected chi connectivity index (χ2v) is 5.65. The first kappa shape index (κ1) is 14.7. The summed E-state index contributed by atoms with van der Waals surface area (Å²) >= 11 is 6.60. The number of nitro benzene ring substituents is 1. The van der Waals surface area contributed by atoms with E-state index < -0.39 is 4.92 Å². The summed E-state index contributed by atoms with van der Waals surface area (Å²) in [6.45, 7) is 0. The number of halogens is 2. The minimum Gasteiger partial charge on any atom is -0.322 e. The molecule has 0 radical (unpaired) electrons. The highest BCUT2D eigenvalue weighted by atomic mass is 79.9. The largest absolute Gasteiger partial charge is 0.322 e. The van der Waals surface area contributed by atoms with Gasteiger partial charge in [-0.2, -0.15) is 0 Å². The molecule has 1 N–H and O–H groups in total. The quantitative estimate of drug-likeness (QED) is 0.615. The van der Waals surface area contributed by atoms with Crippen molar-refractivity contribution in [2.45, 2.75) is 0 Å². The molecule has 0 aliphatic rings. The topological polar surface area (TPSA) is 72.2 Å². The summed E-state index contributed by atoms with van der Waals surface area (Å²) in [4.78, 5) is 22.2. The minimum absolute atomic E-state index is 0.0216. The predicted octanol–water partition coefficient (Wildman–Crippen LogP) is 4.37. The molecule has 0 saturated heterocycles. The van der Waals surface area contributed by atoms with Crippen LogP contribution in [0.25, 0.3) is 0 Å². The fourth-order valence-corrected chi connectivity index (χ4v) is 2.32. The van der Waals surface area contributed by atoms with Gasteiger partial charge in [-0.25, -0.2) is 0 Å². The average Bonchev–Trinajstić information content (AvgIpc) is 2.42. The molecule has 0 aliphatic heterocycles. The van der Waals surface area contributed by atoms with Crippen molar-refractivity contribution in [2.24, 2.45) is 0 Å². The number of amides is 1. The summed E-state index contributed by atoms with van der Waals surface area (Å²) in [6, 6.07) is 10.9. The third-order valence-corrected chi connectivity index (χ3v) is 3.69. The second kappa shape index (κ2) is 6.15. The molecule has 102 valence electrons. The number of nitrogens with one attached hydrogen (secondary N) is 1. The first-order valence-electron chi connectivity index (χ1n) is 5.48. The van der Waals surface area contributed by atoms with Crippen molar-refractivity contribution in [2.75, 3.05) is 5.32 Å². The SMILES string of the molecule is O=C(Nc1ccc([N+](=O)[O-])cc1)c1cc(Br)ccc1Br. The third kappa shape index (κ3) is 3.43. The Kier molecular flexibility index (Phi) is 4.51. The highest BCUT2D eigenvalue weighted by molar-refractivity contribution is 9.11. The molecule has 0 atom stereocenters. The van der Waals surface area contributed by atoms with Gasteiger partial charge in [0.2, 0.25) is 0 Å². The molecular formula is C13H8Br2N2O3. The van der Waals surface area contributed by atoms with E-state index in [-0.39, 0.29) is 11.6 Å². The molecule has 2 aromatic rings. The summed E-state index contributed by atoms with van der Waals surface area (Å²) in [6.07, 6.45) is 0. The molecular weight excluding hydrogens is 392 g/mol. The summed E-state index contributed by atoms with van der Waals surface area (Å²) in [7, 11) is 0. The molecule has 2 aromatic carbocycles. The Bertz CT molecular complexity index is 672. The Morgan fingerprint density at radius 1 is 1.10 bits per heavy atom. The molecule has 0 unspecified atom stereocenters. The number of benzene rings is 2. The van der Waals surface area contributed by atoms with Crippen molar-refractivity contribution in [1.29, 1.82) is 0 Å². The maximum atomic E-state index is 12.1. The van der Waals surface area contributed by atoms with E-state index in [0.29, 0.717) is 15.7 Å². The van der Waals surface area contributed by atoms with Crippen molar-refractivity contribution in [3.8, 4) is 0 Å². The van der Waals surface area contributed by atoms with Crippen LogP contribution in [0.5, 0.6) is 0 Å². The van der Waals surface area contributed by atoms with E-state index in [0.717, 1.165) is 4.47 Å². The molecule has 0 fully saturated rings. The van der Waals surface area contributed by atoms with Gasteiger partial charge in [0.05, 0.1) is 10.5 Å². The van der Waals surface area contributed by atoms with E-state index in [1.807, 2.05) is 6.07 Å². The molecule has 0 aromatic heterocycles. The van der Waals surface area contributed by atoms with Gasteiger partial charge in [0, 0.05) is 26.8 Å². The number of non-ortho nitro benzene ring substituents is 1. The van der Waals surface area contributed by atoms with Crippen LogP contribution in [-0.2, 0) is 0 Å².